The van der Waals surface area contributed by atoms with E-state index in [9.17, 15) is 4.39 Å². The summed E-state index contributed by atoms with van der Waals surface area (Å²) in [7, 11) is 0. The van der Waals surface area contributed by atoms with Gasteiger partial charge in [0.05, 0.1) is 6.20 Å². The predicted octanol–water partition coefficient (Wildman–Crippen LogP) is 1.39. The van der Waals surface area contributed by atoms with Gasteiger partial charge in [-0.25, -0.2) is 9.37 Å². The van der Waals surface area contributed by atoms with E-state index in [0.717, 1.165) is 44.9 Å². The molecule has 6 heteroatoms. The Morgan fingerprint density at radius 1 is 1.14 bits per heavy atom. The molecule has 0 aromatic carbocycles. The number of hydrogen-bond acceptors (Lipinski definition) is 5. The molecule has 1 aliphatic carbocycles. The van der Waals surface area contributed by atoms with Crippen molar-refractivity contribution in [1.82, 2.24) is 9.97 Å². The summed E-state index contributed by atoms with van der Waals surface area (Å²) in [4.78, 5) is 12.8. The molecule has 1 aromatic heterocycles. The zero-order valence-corrected chi connectivity index (χ0v) is 12.2. The maximum atomic E-state index is 14.0. The summed E-state index contributed by atoms with van der Waals surface area (Å²) in [6.07, 6.45) is 6.13. The van der Waals surface area contributed by atoms with E-state index in [1.807, 2.05) is 4.90 Å². The highest BCUT2D eigenvalue weighted by Crippen LogP contribution is 2.41. The van der Waals surface area contributed by atoms with Crippen molar-refractivity contribution in [2.75, 3.05) is 36.0 Å². The zero-order valence-electron chi connectivity index (χ0n) is 12.2. The summed E-state index contributed by atoms with van der Waals surface area (Å²) in [5, 5.41) is 0. The van der Waals surface area contributed by atoms with Crippen molar-refractivity contribution in [3.05, 3.63) is 12.0 Å². The molecule has 2 atom stereocenters. The van der Waals surface area contributed by atoms with Gasteiger partial charge in [0.25, 0.3) is 0 Å². The summed E-state index contributed by atoms with van der Waals surface area (Å²) in [5.74, 6) is 2.11. The fourth-order valence-corrected chi connectivity index (χ4v) is 3.69. The Hall–Kier alpha value is -1.43. The third-order valence-corrected chi connectivity index (χ3v) is 5.04. The van der Waals surface area contributed by atoms with E-state index in [0.29, 0.717) is 17.7 Å². The Labute approximate surface area is 124 Å². The van der Waals surface area contributed by atoms with Crippen LogP contribution in [-0.2, 0) is 0 Å². The first kappa shape index (κ1) is 13.2. The first-order valence-electron chi connectivity index (χ1n) is 8.00. The van der Waals surface area contributed by atoms with Gasteiger partial charge in [0, 0.05) is 32.2 Å². The molecule has 1 saturated carbocycles. The minimum absolute atomic E-state index is 0.196. The molecule has 1 aromatic rings. The van der Waals surface area contributed by atoms with Crippen molar-refractivity contribution in [2.45, 2.75) is 31.7 Å². The zero-order chi connectivity index (χ0) is 14.4. The maximum absolute atomic E-state index is 14.0. The largest absolute Gasteiger partial charge is 0.354 e. The summed E-state index contributed by atoms with van der Waals surface area (Å²) in [6, 6.07) is 0.196. The van der Waals surface area contributed by atoms with Gasteiger partial charge in [-0.1, -0.05) is 0 Å². The van der Waals surface area contributed by atoms with E-state index in [1.165, 1.54) is 19.0 Å². The molecule has 0 unspecified atom stereocenters. The lowest BCUT2D eigenvalue weighted by Crippen LogP contribution is -2.31. The van der Waals surface area contributed by atoms with Gasteiger partial charge in [0.15, 0.2) is 11.6 Å². The van der Waals surface area contributed by atoms with E-state index in [4.69, 9.17) is 5.73 Å². The number of hydrogen-bond donors (Lipinski definition) is 1. The Balaban J connectivity index is 1.56. The number of halogens is 1. The number of rotatable bonds is 3. The van der Waals surface area contributed by atoms with Crippen LogP contribution in [0.2, 0.25) is 0 Å². The minimum Gasteiger partial charge on any atom is -0.354 e. The Morgan fingerprint density at radius 3 is 2.62 bits per heavy atom. The van der Waals surface area contributed by atoms with Gasteiger partial charge in [-0.3, -0.25) is 0 Å². The topological polar surface area (TPSA) is 58.3 Å². The lowest BCUT2D eigenvalue weighted by atomic mass is 9.99. The molecular weight excluding hydrogens is 269 g/mol. The number of nitrogens with two attached hydrogens (primary N) is 1. The second kappa shape index (κ2) is 5.09. The van der Waals surface area contributed by atoms with Crippen LogP contribution in [0.25, 0.3) is 0 Å². The first-order valence-corrected chi connectivity index (χ1v) is 8.00. The van der Waals surface area contributed by atoms with Gasteiger partial charge in [0.1, 0.15) is 0 Å². The van der Waals surface area contributed by atoms with Crippen molar-refractivity contribution in [3.8, 4) is 0 Å². The Kier molecular flexibility index (Phi) is 3.21. The fraction of sp³-hybridized carbons (Fsp3) is 0.733. The van der Waals surface area contributed by atoms with Crippen molar-refractivity contribution < 1.29 is 4.39 Å². The van der Waals surface area contributed by atoms with Crippen molar-refractivity contribution in [1.29, 1.82) is 0 Å². The standard InChI is InChI=1S/C15H22FN5/c16-12-7-18-15(19-14(12)20-5-1-2-6-20)21-8-11(10-3-4-10)13(17)9-21/h7,10-11,13H,1-6,8-9,17H2/t11-,13+/m1/s1. The number of nitrogens with zero attached hydrogens (tertiary/aromatic N) is 4. The van der Waals surface area contributed by atoms with Gasteiger partial charge in [0.2, 0.25) is 5.95 Å². The second-order valence-corrected chi connectivity index (χ2v) is 6.61. The van der Waals surface area contributed by atoms with Crippen LogP contribution in [0.4, 0.5) is 16.2 Å². The average molecular weight is 291 g/mol. The van der Waals surface area contributed by atoms with Crippen molar-refractivity contribution in [3.63, 3.8) is 0 Å². The molecular formula is C15H22FN5. The molecule has 3 fully saturated rings. The number of aromatic nitrogens is 2. The first-order chi connectivity index (χ1) is 10.2. The van der Waals surface area contributed by atoms with Gasteiger partial charge in [-0.15, -0.1) is 0 Å². The highest BCUT2D eigenvalue weighted by atomic mass is 19.1. The predicted molar refractivity (Wildman–Crippen MR) is 79.8 cm³/mol. The highest BCUT2D eigenvalue weighted by Gasteiger charge is 2.41. The van der Waals surface area contributed by atoms with Crippen molar-refractivity contribution in [2.24, 2.45) is 17.6 Å². The molecule has 3 heterocycles. The summed E-state index contributed by atoms with van der Waals surface area (Å²) in [6.45, 7) is 3.47. The monoisotopic (exact) mass is 291 g/mol. The van der Waals surface area contributed by atoms with Crippen LogP contribution in [0.5, 0.6) is 0 Å². The SMILES string of the molecule is N[C@H]1CN(c2ncc(F)c(N3CCCC3)n2)C[C@@H]1C1CC1. The van der Waals surface area contributed by atoms with Crippen LogP contribution in [0.15, 0.2) is 6.20 Å². The molecule has 3 aliphatic rings. The lowest BCUT2D eigenvalue weighted by molar-refractivity contribution is 0.456. The van der Waals surface area contributed by atoms with Gasteiger partial charge in [-0.05, 0) is 37.5 Å². The summed E-state index contributed by atoms with van der Waals surface area (Å²) >= 11 is 0. The normalized spacial score (nSPS) is 29.4. The summed E-state index contributed by atoms with van der Waals surface area (Å²) < 4.78 is 14.0. The molecule has 2 N–H and O–H groups in total. The molecule has 21 heavy (non-hydrogen) atoms. The lowest BCUT2D eigenvalue weighted by Gasteiger charge is -2.21. The smallest absolute Gasteiger partial charge is 0.227 e. The minimum atomic E-state index is -0.317. The Morgan fingerprint density at radius 2 is 1.90 bits per heavy atom. The quantitative estimate of drug-likeness (QED) is 0.912. The molecule has 2 aliphatic heterocycles. The molecule has 0 bridgehead atoms. The van der Waals surface area contributed by atoms with Gasteiger partial charge in [-0.2, -0.15) is 4.98 Å². The van der Waals surface area contributed by atoms with Crippen LogP contribution < -0.4 is 15.5 Å². The van der Waals surface area contributed by atoms with E-state index >= 15 is 0 Å². The molecule has 0 radical (unpaired) electrons. The van der Waals surface area contributed by atoms with Crippen LogP contribution in [0.1, 0.15) is 25.7 Å². The molecule has 2 saturated heterocycles. The highest BCUT2D eigenvalue weighted by molar-refractivity contribution is 5.46. The molecule has 0 amide bonds. The maximum Gasteiger partial charge on any atom is 0.227 e. The van der Waals surface area contributed by atoms with Crippen LogP contribution in [-0.4, -0.2) is 42.2 Å². The van der Waals surface area contributed by atoms with E-state index in [2.05, 4.69) is 14.9 Å². The molecule has 5 nitrogen and oxygen atoms in total. The third-order valence-electron chi connectivity index (χ3n) is 5.04. The van der Waals surface area contributed by atoms with Gasteiger partial charge >= 0.3 is 0 Å². The Bertz CT molecular complexity index is 527. The molecule has 114 valence electrons. The fourth-order valence-electron chi connectivity index (χ4n) is 3.69. The van der Waals surface area contributed by atoms with Crippen LogP contribution in [0, 0.1) is 17.7 Å². The van der Waals surface area contributed by atoms with E-state index < -0.39 is 0 Å². The van der Waals surface area contributed by atoms with Crippen LogP contribution >= 0.6 is 0 Å². The average Bonchev–Trinajstić information content (AvgIpc) is 3.03. The van der Waals surface area contributed by atoms with Crippen LogP contribution in [0.3, 0.4) is 0 Å². The number of anilines is 2. The van der Waals surface area contributed by atoms with E-state index in [1.54, 1.807) is 0 Å². The molecule has 0 spiro atoms. The van der Waals surface area contributed by atoms with Crippen molar-refractivity contribution >= 4 is 11.8 Å². The van der Waals surface area contributed by atoms with Gasteiger partial charge < -0.3 is 15.5 Å². The molecule has 4 rings (SSSR count). The third kappa shape index (κ3) is 2.46. The second-order valence-electron chi connectivity index (χ2n) is 6.61. The summed E-state index contributed by atoms with van der Waals surface area (Å²) in [5.41, 5.74) is 6.26. The van der Waals surface area contributed by atoms with E-state index in [-0.39, 0.29) is 11.9 Å².